The van der Waals surface area contributed by atoms with Crippen molar-refractivity contribution < 1.29 is 4.79 Å². The SMILES string of the molecule is CCC(C)C(C(=O)Nc1ccc(I)cn1)c1ccccc1. The predicted octanol–water partition coefficient (Wildman–Crippen LogP) is 4.45. The highest BCUT2D eigenvalue weighted by Gasteiger charge is 2.25. The first-order valence-electron chi connectivity index (χ1n) is 7.09. The first kappa shape index (κ1) is 15.9. The molecule has 0 aliphatic carbocycles. The fraction of sp³-hybridized carbons (Fsp3) is 0.294. The standard InChI is InChI=1S/C17H19IN2O/c1-3-12(2)16(13-7-5-4-6-8-13)17(21)20-15-10-9-14(18)11-19-15/h4-12,16H,3H2,1-2H3,(H,19,20,21). The van der Waals surface area contributed by atoms with E-state index < -0.39 is 0 Å². The summed E-state index contributed by atoms with van der Waals surface area (Å²) in [5, 5.41) is 2.93. The number of benzene rings is 1. The first-order chi connectivity index (χ1) is 10.1. The minimum atomic E-state index is -0.155. The minimum Gasteiger partial charge on any atom is -0.310 e. The van der Waals surface area contributed by atoms with Gasteiger partial charge in [-0.3, -0.25) is 4.79 Å². The topological polar surface area (TPSA) is 42.0 Å². The molecule has 4 heteroatoms. The van der Waals surface area contributed by atoms with Crippen LogP contribution in [0, 0.1) is 9.49 Å². The smallest absolute Gasteiger partial charge is 0.233 e. The molecule has 2 aromatic rings. The molecular weight excluding hydrogens is 375 g/mol. The normalized spacial score (nSPS) is 13.5. The number of carbonyl (C=O) groups is 1. The zero-order chi connectivity index (χ0) is 15.2. The van der Waals surface area contributed by atoms with Crippen LogP contribution in [0.3, 0.4) is 0 Å². The molecule has 21 heavy (non-hydrogen) atoms. The molecule has 0 fully saturated rings. The molecule has 0 aliphatic heterocycles. The number of carbonyl (C=O) groups excluding carboxylic acids is 1. The number of rotatable bonds is 5. The maximum absolute atomic E-state index is 12.6. The molecule has 0 spiro atoms. The average Bonchev–Trinajstić information content (AvgIpc) is 2.50. The third-order valence-electron chi connectivity index (χ3n) is 3.63. The van der Waals surface area contributed by atoms with Crippen molar-refractivity contribution in [2.45, 2.75) is 26.2 Å². The predicted molar refractivity (Wildman–Crippen MR) is 94.2 cm³/mol. The van der Waals surface area contributed by atoms with E-state index in [9.17, 15) is 4.79 Å². The highest BCUT2D eigenvalue weighted by Crippen LogP contribution is 2.28. The molecule has 0 saturated heterocycles. The van der Waals surface area contributed by atoms with Gasteiger partial charge in [-0.15, -0.1) is 0 Å². The van der Waals surface area contributed by atoms with E-state index in [0.29, 0.717) is 5.82 Å². The number of anilines is 1. The summed E-state index contributed by atoms with van der Waals surface area (Å²) >= 11 is 2.19. The highest BCUT2D eigenvalue weighted by molar-refractivity contribution is 14.1. The summed E-state index contributed by atoms with van der Waals surface area (Å²) in [6.07, 6.45) is 2.70. The molecule has 0 aliphatic rings. The Kier molecular flexibility index (Phi) is 5.73. The number of nitrogens with zero attached hydrogens (tertiary/aromatic N) is 1. The Hall–Kier alpha value is -1.43. The van der Waals surface area contributed by atoms with Crippen LogP contribution in [0.25, 0.3) is 0 Å². The van der Waals surface area contributed by atoms with Gasteiger partial charge in [0, 0.05) is 9.77 Å². The second kappa shape index (κ2) is 7.54. The van der Waals surface area contributed by atoms with Gasteiger partial charge in [0.2, 0.25) is 5.91 Å². The summed E-state index contributed by atoms with van der Waals surface area (Å²) in [4.78, 5) is 16.9. The van der Waals surface area contributed by atoms with Crippen molar-refractivity contribution >= 4 is 34.3 Å². The van der Waals surface area contributed by atoms with Gasteiger partial charge in [0.1, 0.15) is 5.82 Å². The van der Waals surface area contributed by atoms with Crippen molar-refractivity contribution in [3.8, 4) is 0 Å². The Morgan fingerprint density at radius 1 is 1.24 bits per heavy atom. The third kappa shape index (κ3) is 4.27. The van der Waals surface area contributed by atoms with Crippen molar-refractivity contribution in [3.05, 3.63) is 57.8 Å². The zero-order valence-electron chi connectivity index (χ0n) is 12.2. The molecule has 2 rings (SSSR count). The van der Waals surface area contributed by atoms with Crippen molar-refractivity contribution in [2.24, 2.45) is 5.92 Å². The average molecular weight is 394 g/mol. The molecule has 0 saturated carbocycles. The van der Waals surface area contributed by atoms with Crippen LogP contribution >= 0.6 is 22.6 Å². The Bertz CT molecular complexity index is 583. The Labute approximate surface area is 139 Å². The van der Waals surface area contributed by atoms with Gasteiger partial charge < -0.3 is 5.32 Å². The molecule has 110 valence electrons. The summed E-state index contributed by atoms with van der Waals surface area (Å²) < 4.78 is 1.05. The molecule has 1 N–H and O–H groups in total. The Morgan fingerprint density at radius 2 is 1.95 bits per heavy atom. The van der Waals surface area contributed by atoms with E-state index in [2.05, 4.69) is 46.7 Å². The summed E-state index contributed by atoms with van der Waals surface area (Å²) in [5.74, 6) is 0.724. The number of pyridine rings is 1. The van der Waals surface area contributed by atoms with Crippen LogP contribution in [0.5, 0.6) is 0 Å². The monoisotopic (exact) mass is 394 g/mol. The van der Waals surface area contributed by atoms with Crippen LogP contribution in [-0.2, 0) is 4.79 Å². The van der Waals surface area contributed by atoms with Crippen molar-refractivity contribution in [2.75, 3.05) is 5.32 Å². The van der Waals surface area contributed by atoms with Gasteiger partial charge in [0.25, 0.3) is 0 Å². The number of halogens is 1. The Balaban J connectivity index is 2.20. The highest BCUT2D eigenvalue weighted by atomic mass is 127. The third-order valence-corrected chi connectivity index (χ3v) is 4.27. The van der Waals surface area contributed by atoms with Crippen LogP contribution in [0.1, 0.15) is 31.7 Å². The number of aromatic nitrogens is 1. The molecule has 1 aromatic carbocycles. The summed E-state index contributed by atoms with van der Waals surface area (Å²) in [6.45, 7) is 4.22. The van der Waals surface area contributed by atoms with E-state index in [4.69, 9.17) is 0 Å². The molecular formula is C17H19IN2O. The maximum Gasteiger partial charge on any atom is 0.233 e. The Morgan fingerprint density at radius 3 is 2.52 bits per heavy atom. The second-order valence-electron chi connectivity index (χ2n) is 5.12. The number of hydrogen-bond acceptors (Lipinski definition) is 2. The molecule has 2 atom stereocenters. The van der Waals surface area contributed by atoms with E-state index in [0.717, 1.165) is 15.6 Å². The molecule has 3 nitrogen and oxygen atoms in total. The quantitative estimate of drug-likeness (QED) is 0.762. The van der Waals surface area contributed by atoms with Gasteiger partial charge in [-0.1, -0.05) is 50.6 Å². The first-order valence-corrected chi connectivity index (χ1v) is 8.17. The van der Waals surface area contributed by atoms with Gasteiger partial charge in [-0.2, -0.15) is 0 Å². The molecule has 2 unspecified atom stereocenters. The lowest BCUT2D eigenvalue weighted by atomic mass is 9.85. The number of hydrogen-bond donors (Lipinski definition) is 1. The van der Waals surface area contributed by atoms with E-state index in [1.54, 1.807) is 6.20 Å². The van der Waals surface area contributed by atoms with E-state index in [-0.39, 0.29) is 17.7 Å². The lowest BCUT2D eigenvalue weighted by Crippen LogP contribution is -2.26. The molecule has 0 radical (unpaired) electrons. The number of nitrogens with one attached hydrogen (secondary N) is 1. The summed E-state index contributed by atoms with van der Waals surface area (Å²) in [7, 11) is 0. The van der Waals surface area contributed by atoms with E-state index >= 15 is 0 Å². The van der Waals surface area contributed by atoms with Crippen LogP contribution in [0.15, 0.2) is 48.7 Å². The van der Waals surface area contributed by atoms with E-state index in [1.165, 1.54) is 0 Å². The zero-order valence-corrected chi connectivity index (χ0v) is 14.4. The molecule has 1 heterocycles. The minimum absolute atomic E-state index is 0.00394. The van der Waals surface area contributed by atoms with Crippen LogP contribution in [0.2, 0.25) is 0 Å². The van der Waals surface area contributed by atoms with Gasteiger partial charge >= 0.3 is 0 Å². The van der Waals surface area contributed by atoms with Crippen molar-refractivity contribution in [1.82, 2.24) is 4.98 Å². The van der Waals surface area contributed by atoms with E-state index in [1.807, 2.05) is 42.5 Å². The molecule has 1 aromatic heterocycles. The van der Waals surface area contributed by atoms with Gasteiger partial charge in [-0.05, 0) is 46.2 Å². The second-order valence-corrected chi connectivity index (χ2v) is 6.37. The summed E-state index contributed by atoms with van der Waals surface area (Å²) in [5.41, 5.74) is 1.05. The fourth-order valence-corrected chi connectivity index (χ4v) is 2.61. The van der Waals surface area contributed by atoms with Crippen LogP contribution < -0.4 is 5.32 Å². The largest absolute Gasteiger partial charge is 0.310 e. The lowest BCUT2D eigenvalue weighted by Gasteiger charge is -2.22. The number of amides is 1. The van der Waals surface area contributed by atoms with Crippen molar-refractivity contribution in [3.63, 3.8) is 0 Å². The van der Waals surface area contributed by atoms with Crippen LogP contribution in [0.4, 0.5) is 5.82 Å². The molecule has 1 amide bonds. The van der Waals surface area contributed by atoms with Crippen molar-refractivity contribution in [1.29, 1.82) is 0 Å². The molecule has 0 bridgehead atoms. The summed E-state index contributed by atoms with van der Waals surface area (Å²) in [6, 6.07) is 13.7. The fourth-order valence-electron chi connectivity index (χ4n) is 2.29. The van der Waals surface area contributed by atoms with Gasteiger partial charge in [0.05, 0.1) is 5.92 Å². The van der Waals surface area contributed by atoms with Crippen LogP contribution in [-0.4, -0.2) is 10.9 Å². The van der Waals surface area contributed by atoms with Gasteiger partial charge in [-0.25, -0.2) is 4.98 Å². The maximum atomic E-state index is 12.6. The lowest BCUT2D eigenvalue weighted by molar-refractivity contribution is -0.118. The van der Waals surface area contributed by atoms with Gasteiger partial charge in [0.15, 0.2) is 0 Å².